The fourth-order valence-electron chi connectivity index (χ4n) is 1.88. The smallest absolute Gasteiger partial charge is 0.0717 e. The number of rotatable bonds is 0. The summed E-state index contributed by atoms with van der Waals surface area (Å²) in [6.07, 6.45) is 0. The molecule has 74 valence electrons. The van der Waals surface area contributed by atoms with Crippen molar-refractivity contribution in [2.24, 2.45) is 0 Å². The Morgan fingerprint density at radius 3 is 2.93 bits per heavy atom. The van der Waals surface area contributed by atoms with E-state index >= 15 is 0 Å². The highest BCUT2D eigenvalue weighted by Crippen LogP contribution is 2.28. The van der Waals surface area contributed by atoms with Gasteiger partial charge in [-0.25, -0.2) is 0 Å². The highest BCUT2D eigenvalue weighted by Gasteiger charge is 2.17. The molecular formula is C12H10N2S. The summed E-state index contributed by atoms with van der Waals surface area (Å²) in [5, 5.41) is 13.6. The van der Waals surface area contributed by atoms with Crippen LogP contribution in [-0.4, -0.2) is 5.71 Å². The van der Waals surface area contributed by atoms with Crippen molar-refractivity contribution >= 4 is 22.7 Å². The molecule has 1 aliphatic rings. The first-order valence-corrected chi connectivity index (χ1v) is 5.73. The zero-order chi connectivity index (χ0) is 10.3. The predicted molar refractivity (Wildman–Crippen MR) is 64.0 cm³/mol. The minimum atomic E-state index is 0.631. The number of hydrogen-bond acceptors (Lipinski definition) is 3. The van der Waals surface area contributed by atoms with Crippen molar-refractivity contribution in [3.63, 3.8) is 0 Å². The molecule has 2 aromatic rings. The average Bonchev–Trinajstić information content (AvgIpc) is 2.69. The molecule has 0 radical (unpaired) electrons. The molecular weight excluding hydrogens is 204 g/mol. The average molecular weight is 214 g/mol. The maximum atomic E-state index is 8.18. The lowest BCUT2D eigenvalue weighted by Crippen LogP contribution is -2.00. The topological polar surface area (TPSA) is 35.9 Å². The summed E-state index contributed by atoms with van der Waals surface area (Å²) >= 11 is 1.71. The molecule has 3 heteroatoms. The van der Waals surface area contributed by atoms with Gasteiger partial charge in [0, 0.05) is 21.7 Å². The van der Waals surface area contributed by atoms with Gasteiger partial charge in [-0.3, -0.25) is 5.41 Å². The molecule has 15 heavy (non-hydrogen) atoms. The van der Waals surface area contributed by atoms with E-state index in [2.05, 4.69) is 10.7 Å². The Kier molecular flexibility index (Phi) is 1.86. The second-order valence-electron chi connectivity index (χ2n) is 3.53. The molecule has 0 amide bonds. The van der Waals surface area contributed by atoms with Gasteiger partial charge in [-0.2, -0.15) is 0 Å². The Labute approximate surface area is 92.1 Å². The Morgan fingerprint density at radius 1 is 1.13 bits per heavy atom. The van der Waals surface area contributed by atoms with E-state index in [1.165, 1.54) is 4.88 Å². The Bertz CT molecular complexity index is 528. The van der Waals surface area contributed by atoms with Gasteiger partial charge in [-0.15, -0.1) is 11.3 Å². The van der Waals surface area contributed by atoms with Gasteiger partial charge in [0.1, 0.15) is 0 Å². The second-order valence-corrected chi connectivity index (χ2v) is 4.53. The van der Waals surface area contributed by atoms with Crippen LogP contribution in [0.4, 0.5) is 5.69 Å². The van der Waals surface area contributed by atoms with Gasteiger partial charge in [0.05, 0.1) is 12.3 Å². The highest BCUT2D eigenvalue weighted by atomic mass is 32.1. The first-order chi connectivity index (χ1) is 7.36. The van der Waals surface area contributed by atoms with E-state index in [1.807, 2.05) is 30.3 Å². The van der Waals surface area contributed by atoms with Crippen LogP contribution in [-0.2, 0) is 6.54 Å². The van der Waals surface area contributed by atoms with E-state index in [4.69, 9.17) is 5.41 Å². The van der Waals surface area contributed by atoms with Crippen LogP contribution in [0, 0.1) is 5.41 Å². The number of hydrogen-bond donors (Lipinski definition) is 2. The molecule has 0 bridgehead atoms. The molecule has 0 unspecified atom stereocenters. The molecule has 2 nitrogen and oxygen atoms in total. The summed E-state index contributed by atoms with van der Waals surface area (Å²) in [7, 11) is 0. The molecule has 2 N–H and O–H groups in total. The number of para-hydroxylation sites is 1. The molecule has 1 aliphatic heterocycles. The van der Waals surface area contributed by atoms with Crippen LogP contribution in [0.3, 0.4) is 0 Å². The van der Waals surface area contributed by atoms with Crippen molar-refractivity contribution < 1.29 is 0 Å². The van der Waals surface area contributed by atoms with E-state index in [1.54, 1.807) is 11.3 Å². The predicted octanol–water partition coefficient (Wildman–Crippen LogP) is 3.09. The third kappa shape index (κ3) is 1.27. The summed E-state index contributed by atoms with van der Waals surface area (Å²) in [4.78, 5) is 1.25. The molecule has 0 aliphatic carbocycles. The van der Waals surface area contributed by atoms with Crippen molar-refractivity contribution in [2.45, 2.75) is 6.54 Å². The van der Waals surface area contributed by atoms with Gasteiger partial charge in [-0.1, -0.05) is 18.2 Å². The van der Waals surface area contributed by atoms with E-state index < -0.39 is 0 Å². The molecule has 0 spiro atoms. The summed E-state index contributed by atoms with van der Waals surface area (Å²) < 4.78 is 0. The zero-order valence-corrected chi connectivity index (χ0v) is 8.90. The van der Waals surface area contributed by atoms with Crippen LogP contribution in [0.5, 0.6) is 0 Å². The SMILES string of the molecule is N=C1c2ccccc2NCc2sccc21. The minimum Gasteiger partial charge on any atom is -0.380 e. The van der Waals surface area contributed by atoms with Gasteiger partial charge in [0.15, 0.2) is 0 Å². The summed E-state index contributed by atoms with van der Waals surface area (Å²) in [6.45, 7) is 0.826. The number of fused-ring (bicyclic) bond motifs is 2. The standard InChI is InChI=1S/C12H10N2S/c13-12-8-3-1-2-4-10(8)14-7-11-9(12)5-6-15-11/h1-6,13-14H,7H2. The molecule has 0 fully saturated rings. The fraction of sp³-hybridized carbons (Fsp3) is 0.0833. The maximum Gasteiger partial charge on any atom is 0.0717 e. The Hall–Kier alpha value is -1.61. The summed E-state index contributed by atoms with van der Waals surface area (Å²) in [5.74, 6) is 0. The van der Waals surface area contributed by atoms with Crippen LogP contribution in [0.1, 0.15) is 16.0 Å². The van der Waals surface area contributed by atoms with Gasteiger partial charge >= 0.3 is 0 Å². The van der Waals surface area contributed by atoms with Gasteiger partial charge in [0.25, 0.3) is 0 Å². The van der Waals surface area contributed by atoms with Crippen molar-refractivity contribution in [1.29, 1.82) is 5.41 Å². The first kappa shape index (κ1) is 8.68. The van der Waals surface area contributed by atoms with Crippen molar-refractivity contribution in [3.8, 4) is 0 Å². The summed E-state index contributed by atoms with van der Waals surface area (Å²) in [5.41, 5.74) is 3.75. The molecule has 0 atom stereocenters. The molecule has 2 heterocycles. The van der Waals surface area contributed by atoms with Gasteiger partial charge in [0.2, 0.25) is 0 Å². The van der Waals surface area contributed by atoms with Crippen LogP contribution in [0.2, 0.25) is 0 Å². The van der Waals surface area contributed by atoms with Crippen LogP contribution in [0.15, 0.2) is 35.7 Å². The number of anilines is 1. The number of thiophene rings is 1. The molecule has 0 saturated heterocycles. The fourth-order valence-corrected chi connectivity index (χ4v) is 2.70. The third-order valence-corrected chi connectivity index (χ3v) is 3.57. The highest BCUT2D eigenvalue weighted by molar-refractivity contribution is 7.10. The monoisotopic (exact) mass is 214 g/mol. The lowest BCUT2D eigenvalue weighted by atomic mass is 10.0. The maximum absolute atomic E-state index is 8.18. The number of benzene rings is 1. The van der Waals surface area contributed by atoms with E-state index in [0.717, 1.165) is 23.4 Å². The van der Waals surface area contributed by atoms with E-state index in [9.17, 15) is 0 Å². The zero-order valence-electron chi connectivity index (χ0n) is 8.08. The van der Waals surface area contributed by atoms with Gasteiger partial charge in [-0.05, 0) is 17.5 Å². The van der Waals surface area contributed by atoms with Gasteiger partial charge < -0.3 is 5.32 Å². The summed E-state index contributed by atoms with van der Waals surface area (Å²) in [6, 6.07) is 10.0. The van der Waals surface area contributed by atoms with Crippen LogP contribution in [0.25, 0.3) is 0 Å². The molecule has 0 saturated carbocycles. The minimum absolute atomic E-state index is 0.631. The normalized spacial score (nSPS) is 13.7. The molecule has 3 rings (SSSR count). The second kappa shape index (κ2) is 3.21. The lowest BCUT2D eigenvalue weighted by Gasteiger charge is -2.06. The quantitative estimate of drug-likeness (QED) is 0.694. The van der Waals surface area contributed by atoms with Crippen molar-refractivity contribution in [1.82, 2.24) is 0 Å². The van der Waals surface area contributed by atoms with Crippen LogP contribution < -0.4 is 5.32 Å². The lowest BCUT2D eigenvalue weighted by molar-refractivity contribution is 1.20. The van der Waals surface area contributed by atoms with Crippen LogP contribution >= 0.6 is 11.3 Å². The largest absolute Gasteiger partial charge is 0.380 e. The van der Waals surface area contributed by atoms with Crippen molar-refractivity contribution in [2.75, 3.05) is 5.32 Å². The van der Waals surface area contributed by atoms with E-state index in [0.29, 0.717) is 5.71 Å². The Balaban J connectivity index is 2.22. The van der Waals surface area contributed by atoms with E-state index in [-0.39, 0.29) is 0 Å². The van der Waals surface area contributed by atoms with Crippen molar-refractivity contribution in [3.05, 3.63) is 51.7 Å². The first-order valence-electron chi connectivity index (χ1n) is 4.85. The Morgan fingerprint density at radius 2 is 2.00 bits per heavy atom. The third-order valence-electron chi connectivity index (χ3n) is 2.65. The molecule has 1 aromatic carbocycles. The number of nitrogens with one attached hydrogen (secondary N) is 2. The molecule has 1 aromatic heterocycles.